The van der Waals surface area contributed by atoms with Crippen LogP contribution in [0.2, 0.25) is 5.02 Å². The van der Waals surface area contributed by atoms with Gasteiger partial charge in [0.2, 0.25) is 15.9 Å². The van der Waals surface area contributed by atoms with Gasteiger partial charge in [-0.3, -0.25) is 4.79 Å². The zero-order valence-electron chi connectivity index (χ0n) is 15.4. The standard InChI is InChI=1S/C20H22ClFN2O3S/c1-14(15-4-6-17(21)7-5-15)23-20(25)16-3-2-12-24(13-16)28(26,27)19-10-8-18(22)9-11-19/h4-11,14,16H,2-3,12-13H2,1H3,(H,23,25)/t14-,16+/m0/s1. The van der Waals surface area contributed by atoms with Crippen molar-refractivity contribution in [3.8, 4) is 0 Å². The lowest BCUT2D eigenvalue weighted by molar-refractivity contribution is -0.126. The molecular formula is C20H22ClFN2O3S. The number of nitrogens with zero attached hydrogens (tertiary/aromatic N) is 1. The molecule has 0 aromatic heterocycles. The SMILES string of the molecule is C[C@H](NC(=O)[C@@H]1CCCN(S(=O)(=O)c2ccc(F)cc2)C1)c1ccc(Cl)cc1. The number of carbonyl (C=O) groups excluding carboxylic acids is 1. The van der Waals surface area contributed by atoms with Crippen LogP contribution in [0, 0.1) is 11.7 Å². The average molecular weight is 425 g/mol. The second-order valence-corrected chi connectivity index (χ2v) is 9.31. The molecule has 3 rings (SSSR count). The molecule has 0 aliphatic carbocycles. The van der Waals surface area contributed by atoms with Crippen LogP contribution in [0.3, 0.4) is 0 Å². The van der Waals surface area contributed by atoms with Gasteiger partial charge in [0.05, 0.1) is 16.9 Å². The average Bonchev–Trinajstić information content (AvgIpc) is 2.69. The van der Waals surface area contributed by atoms with Gasteiger partial charge in [0, 0.05) is 18.1 Å². The summed E-state index contributed by atoms with van der Waals surface area (Å²) < 4.78 is 40.0. The summed E-state index contributed by atoms with van der Waals surface area (Å²) in [6.45, 7) is 2.33. The number of nitrogens with one attached hydrogen (secondary N) is 1. The Morgan fingerprint density at radius 2 is 1.82 bits per heavy atom. The van der Waals surface area contributed by atoms with Crippen LogP contribution in [0.1, 0.15) is 31.4 Å². The minimum absolute atomic E-state index is 0.0319. The fourth-order valence-corrected chi connectivity index (χ4v) is 4.95. The third-order valence-corrected chi connectivity index (χ3v) is 7.07. The maximum atomic E-state index is 13.1. The van der Waals surface area contributed by atoms with Crippen molar-refractivity contribution in [3.63, 3.8) is 0 Å². The Hall–Kier alpha value is -1.96. The van der Waals surface area contributed by atoms with Gasteiger partial charge in [0.25, 0.3) is 0 Å². The van der Waals surface area contributed by atoms with Gasteiger partial charge in [-0.15, -0.1) is 0 Å². The summed E-state index contributed by atoms with van der Waals surface area (Å²) in [6, 6.07) is 11.7. The number of sulfonamides is 1. The smallest absolute Gasteiger partial charge is 0.243 e. The number of amides is 1. The Morgan fingerprint density at radius 3 is 2.46 bits per heavy atom. The number of hydrogen-bond acceptors (Lipinski definition) is 3. The molecule has 0 bridgehead atoms. The minimum atomic E-state index is -3.76. The van der Waals surface area contributed by atoms with Crippen molar-refractivity contribution in [2.75, 3.05) is 13.1 Å². The van der Waals surface area contributed by atoms with Gasteiger partial charge in [0.15, 0.2) is 0 Å². The van der Waals surface area contributed by atoms with Crippen LogP contribution in [-0.2, 0) is 14.8 Å². The predicted molar refractivity (Wildman–Crippen MR) is 106 cm³/mol. The van der Waals surface area contributed by atoms with Gasteiger partial charge < -0.3 is 5.32 Å². The Bertz CT molecular complexity index is 933. The molecule has 1 fully saturated rings. The van der Waals surface area contributed by atoms with E-state index in [9.17, 15) is 17.6 Å². The maximum Gasteiger partial charge on any atom is 0.243 e. The lowest BCUT2D eigenvalue weighted by Gasteiger charge is -2.32. The Labute approximate surface area is 169 Å². The fourth-order valence-electron chi connectivity index (χ4n) is 3.30. The first-order valence-electron chi connectivity index (χ1n) is 9.09. The van der Waals surface area contributed by atoms with Crippen molar-refractivity contribution >= 4 is 27.5 Å². The normalized spacial score (nSPS) is 19.2. The lowest BCUT2D eigenvalue weighted by atomic mass is 9.98. The van der Waals surface area contributed by atoms with Crippen molar-refractivity contribution in [1.82, 2.24) is 9.62 Å². The van der Waals surface area contributed by atoms with Crippen molar-refractivity contribution in [3.05, 3.63) is 64.9 Å². The molecule has 2 aromatic carbocycles. The molecule has 1 saturated heterocycles. The first-order valence-corrected chi connectivity index (χ1v) is 10.9. The van der Waals surface area contributed by atoms with E-state index in [2.05, 4.69) is 5.32 Å². The molecule has 1 N–H and O–H groups in total. The van der Waals surface area contributed by atoms with Crippen LogP contribution in [0.15, 0.2) is 53.4 Å². The van der Waals surface area contributed by atoms with Gasteiger partial charge in [-0.05, 0) is 61.7 Å². The molecule has 0 radical (unpaired) electrons. The van der Waals surface area contributed by atoms with E-state index in [0.29, 0.717) is 24.4 Å². The molecule has 2 atom stereocenters. The first kappa shape index (κ1) is 20.8. The van der Waals surface area contributed by atoms with Crippen LogP contribution >= 0.6 is 11.6 Å². The topological polar surface area (TPSA) is 66.5 Å². The van der Waals surface area contributed by atoms with Crippen LogP contribution in [0.25, 0.3) is 0 Å². The van der Waals surface area contributed by atoms with Crippen LogP contribution < -0.4 is 5.32 Å². The largest absolute Gasteiger partial charge is 0.349 e. The highest BCUT2D eigenvalue weighted by atomic mass is 35.5. The van der Waals surface area contributed by atoms with E-state index in [1.165, 1.54) is 16.4 Å². The van der Waals surface area contributed by atoms with Crippen LogP contribution in [0.4, 0.5) is 4.39 Å². The molecule has 5 nitrogen and oxygen atoms in total. The summed E-state index contributed by atoms with van der Waals surface area (Å²) in [5.74, 6) is -1.11. The molecule has 8 heteroatoms. The van der Waals surface area contributed by atoms with Crippen molar-refractivity contribution < 1.29 is 17.6 Å². The Balaban J connectivity index is 1.67. The van der Waals surface area contributed by atoms with E-state index in [4.69, 9.17) is 11.6 Å². The molecule has 1 amide bonds. The summed E-state index contributed by atoms with van der Waals surface area (Å²) >= 11 is 5.89. The van der Waals surface area contributed by atoms with Crippen molar-refractivity contribution in [1.29, 1.82) is 0 Å². The second-order valence-electron chi connectivity index (χ2n) is 6.94. The molecule has 1 heterocycles. The van der Waals surface area contributed by atoms with Gasteiger partial charge in [-0.1, -0.05) is 23.7 Å². The Morgan fingerprint density at radius 1 is 1.18 bits per heavy atom. The highest BCUT2D eigenvalue weighted by Crippen LogP contribution is 2.25. The zero-order valence-corrected chi connectivity index (χ0v) is 17.0. The number of carbonyl (C=O) groups is 1. The molecular weight excluding hydrogens is 403 g/mol. The first-order chi connectivity index (χ1) is 13.3. The summed E-state index contributed by atoms with van der Waals surface area (Å²) in [5, 5.41) is 3.57. The van der Waals surface area contributed by atoms with Gasteiger partial charge in [-0.2, -0.15) is 4.31 Å². The van der Waals surface area contributed by atoms with Gasteiger partial charge in [-0.25, -0.2) is 12.8 Å². The van der Waals surface area contributed by atoms with E-state index < -0.39 is 21.8 Å². The number of rotatable bonds is 5. The summed E-state index contributed by atoms with van der Waals surface area (Å²) in [7, 11) is -3.76. The summed E-state index contributed by atoms with van der Waals surface area (Å²) in [4.78, 5) is 12.7. The molecule has 0 saturated carbocycles. The summed E-state index contributed by atoms with van der Waals surface area (Å²) in [5.41, 5.74) is 0.921. The van der Waals surface area contributed by atoms with Crippen molar-refractivity contribution in [2.24, 2.45) is 5.92 Å². The third-order valence-electron chi connectivity index (χ3n) is 4.94. The zero-order chi connectivity index (χ0) is 20.3. The van der Waals surface area contributed by atoms with E-state index in [1.807, 2.05) is 19.1 Å². The molecule has 0 spiro atoms. The molecule has 150 valence electrons. The molecule has 28 heavy (non-hydrogen) atoms. The number of piperidine rings is 1. The molecule has 1 aliphatic heterocycles. The second kappa shape index (κ2) is 8.59. The van der Waals surface area contributed by atoms with E-state index in [1.54, 1.807) is 12.1 Å². The van der Waals surface area contributed by atoms with Crippen molar-refractivity contribution in [2.45, 2.75) is 30.7 Å². The van der Waals surface area contributed by atoms with Gasteiger partial charge >= 0.3 is 0 Å². The fraction of sp³-hybridized carbons (Fsp3) is 0.350. The predicted octanol–water partition coefficient (Wildman–Crippen LogP) is 3.76. The highest BCUT2D eigenvalue weighted by molar-refractivity contribution is 7.89. The van der Waals surface area contributed by atoms with Crippen LogP contribution in [-0.4, -0.2) is 31.7 Å². The number of benzene rings is 2. The summed E-state index contributed by atoms with van der Waals surface area (Å²) in [6.07, 6.45) is 1.21. The molecule has 0 unspecified atom stereocenters. The lowest BCUT2D eigenvalue weighted by Crippen LogP contribution is -2.45. The maximum absolute atomic E-state index is 13.1. The number of halogens is 2. The van der Waals surface area contributed by atoms with Gasteiger partial charge in [0.1, 0.15) is 5.82 Å². The Kier molecular flexibility index (Phi) is 6.37. The highest BCUT2D eigenvalue weighted by Gasteiger charge is 2.33. The molecule has 2 aromatic rings. The number of hydrogen-bond donors (Lipinski definition) is 1. The molecule has 1 aliphatic rings. The monoisotopic (exact) mass is 424 g/mol. The van der Waals surface area contributed by atoms with Crippen LogP contribution in [0.5, 0.6) is 0 Å². The van der Waals surface area contributed by atoms with E-state index in [-0.39, 0.29) is 23.4 Å². The van der Waals surface area contributed by atoms with E-state index >= 15 is 0 Å². The minimum Gasteiger partial charge on any atom is -0.349 e. The quantitative estimate of drug-likeness (QED) is 0.794. The van der Waals surface area contributed by atoms with E-state index in [0.717, 1.165) is 17.7 Å². The third kappa shape index (κ3) is 4.71.